The maximum atomic E-state index is 12.2. The number of furan rings is 1. The number of aryl methyl sites for hydroxylation is 1. The molecule has 0 aliphatic heterocycles. The van der Waals surface area contributed by atoms with Crippen LogP contribution in [0.3, 0.4) is 0 Å². The molecule has 0 saturated heterocycles. The highest BCUT2D eigenvalue weighted by Gasteiger charge is 2.20. The number of nitrogens with one attached hydrogen (secondary N) is 1. The van der Waals surface area contributed by atoms with Crippen LogP contribution < -0.4 is 5.32 Å². The topological polar surface area (TPSA) is 60.1 Å². The zero-order chi connectivity index (χ0) is 13.9. The molecule has 2 aromatic rings. The van der Waals surface area contributed by atoms with Crippen LogP contribution in [0.1, 0.15) is 54.3 Å². The first kappa shape index (κ1) is 13.0. The second-order valence-corrected chi connectivity index (χ2v) is 5.34. The molecular formula is C15H19N3O2. The number of amides is 1. The van der Waals surface area contributed by atoms with Crippen LogP contribution in [0.2, 0.25) is 0 Å². The van der Waals surface area contributed by atoms with Crippen molar-refractivity contribution >= 4 is 11.7 Å². The van der Waals surface area contributed by atoms with Gasteiger partial charge in [0.25, 0.3) is 5.91 Å². The third kappa shape index (κ3) is 2.48. The van der Waals surface area contributed by atoms with Gasteiger partial charge in [-0.2, -0.15) is 5.10 Å². The van der Waals surface area contributed by atoms with Crippen LogP contribution in [0, 0.1) is 6.92 Å². The number of aromatic nitrogens is 2. The van der Waals surface area contributed by atoms with Gasteiger partial charge in [-0.15, -0.1) is 0 Å². The molecule has 0 bridgehead atoms. The average Bonchev–Trinajstić information content (AvgIpc) is 3.08. The average molecular weight is 273 g/mol. The second-order valence-electron chi connectivity index (χ2n) is 5.34. The monoisotopic (exact) mass is 273 g/mol. The Morgan fingerprint density at radius 3 is 2.85 bits per heavy atom. The van der Waals surface area contributed by atoms with E-state index in [1.165, 1.54) is 25.5 Å². The fraction of sp³-hybridized carbons (Fsp3) is 0.467. The van der Waals surface area contributed by atoms with Gasteiger partial charge in [0.1, 0.15) is 5.82 Å². The summed E-state index contributed by atoms with van der Waals surface area (Å²) in [5.74, 6) is 0.893. The molecule has 1 aliphatic rings. The van der Waals surface area contributed by atoms with E-state index in [2.05, 4.69) is 10.4 Å². The summed E-state index contributed by atoms with van der Waals surface area (Å²) < 4.78 is 7.16. The van der Waals surface area contributed by atoms with E-state index < -0.39 is 0 Å². The molecule has 0 radical (unpaired) electrons. The van der Waals surface area contributed by atoms with Crippen LogP contribution in [-0.4, -0.2) is 15.7 Å². The lowest BCUT2D eigenvalue weighted by molar-refractivity contribution is 0.0994. The number of nitrogens with zero attached hydrogens (tertiary/aromatic N) is 2. The summed E-state index contributed by atoms with van der Waals surface area (Å²) in [6, 6.07) is 4.02. The Morgan fingerprint density at radius 1 is 1.35 bits per heavy atom. The van der Waals surface area contributed by atoms with Crippen LogP contribution in [0.4, 0.5) is 5.82 Å². The summed E-state index contributed by atoms with van der Waals surface area (Å²) >= 11 is 0. The highest BCUT2D eigenvalue weighted by atomic mass is 16.3. The van der Waals surface area contributed by atoms with Crippen molar-refractivity contribution < 1.29 is 9.21 Å². The Labute approximate surface area is 118 Å². The molecule has 1 N–H and O–H groups in total. The molecule has 1 amide bonds. The van der Waals surface area contributed by atoms with Gasteiger partial charge >= 0.3 is 0 Å². The van der Waals surface area contributed by atoms with E-state index in [0.717, 1.165) is 24.2 Å². The minimum absolute atomic E-state index is 0.218. The second kappa shape index (κ2) is 5.53. The van der Waals surface area contributed by atoms with Gasteiger partial charge in [0, 0.05) is 11.6 Å². The number of hydrogen-bond donors (Lipinski definition) is 1. The third-order valence-electron chi connectivity index (χ3n) is 3.90. The Hall–Kier alpha value is -2.04. The molecule has 1 fully saturated rings. The van der Waals surface area contributed by atoms with E-state index >= 15 is 0 Å². The van der Waals surface area contributed by atoms with Crippen molar-refractivity contribution in [2.75, 3.05) is 5.32 Å². The lowest BCUT2D eigenvalue weighted by atomic mass is 9.96. The molecule has 0 spiro atoms. The highest BCUT2D eigenvalue weighted by molar-refractivity contribution is 6.02. The van der Waals surface area contributed by atoms with Gasteiger partial charge in [-0.1, -0.05) is 19.3 Å². The molecule has 106 valence electrons. The first-order chi connectivity index (χ1) is 9.75. The smallest absolute Gasteiger partial charge is 0.292 e. The predicted molar refractivity (Wildman–Crippen MR) is 75.7 cm³/mol. The lowest BCUT2D eigenvalue weighted by Gasteiger charge is -2.23. The maximum Gasteiger partial charge on any atom is 0.292 e. The highest BCUT2D eigenvalue weighted by Crippen LogP contribution is 2.30. The minimum atomic E-state index is -0.218. The van der Waals surface area contributed by atoms with E-state index in [4.69, 9.17) is 4.42 Å². The van der Waals surface area contributed by atoms with Gasteiger partial charge < -0.3 is 9.73 Å². The molecule has 1 aliphatic carbocycles. The molecule has 5 nitrogen and oxygen atoms in total. The standard InChI is InChI=1S/C15H19N3O2/c1-11-8-10-20-14(11)15(19)17-13-7-9-16-18(13)12-5-3-2-4-6-12/h7-10,12H,2-6H2,1H3,(H,17,19). The van der Waals surface area contributed by atoms with Crippen molar-refractivity contribution in [1.82, 2.24) is 9.78 Å². The van der Waals surface area contributed by atoms with E-state index in [9.17, 15) is 4.79 Å². The van der Waals surface area contributed by atoms with Crippen LogP contribution in [-0.2, 0) is 0 Å². The van der Waals surface area contributed by atoms with Gasteiger partial charge in [0.15, 0.2) is 5.76 Å². The van der Waals surface area contributed by atoms with Crippen molar-refractivity contribution in [2.24, 2.45) is 0 Å². The van der Waals surface area contributed by atoms with E-state index in [1.807, 2.05) is 17.7 Å². The molecule has 3 rings (SSSR count). The summed E-state index contributed by atoms with van der Waals surface area (Å²) in [5.41, 5.74) is 0.839. The quantitative estimate of drug-likeness (QED) is 0.930. The summed E-state index contributed by atoms with van der Waals surface area (Å²) in [5, 5.41) is 7.27. The summed E-state index contributed by atoms with van der Waals surface area (Å²) in [6.07, 6.45) is 9.28. The number of rotatable bonds is 3. The number of hydrogen-bond acceptors (Lipinski definition) is 3. The predicted octanol–water partition coefficient (Wildman–Crippen LogP) is 3.54. The van der Waals surface area contributed by atoms with Crippen molar-refractivity contribution in [1.29, 1.82) is 0 Å². The van der Waals surface area contributed by atoms with Gasteiger partial charge in [-0.25, -0.2) is 4.68 Å². The number of carbonyl (C=O) groups is 1. The molecule has 0 aromatic carbocycles. The fourth-order valence-electron chi connectivity index (χ4n) is 2.81. The SMILES string of the molecule is Cc1ccoc1C(=O)Nc1ccnn1C1CCCCC1. The molecule has 2 aromatic heterocycles. The first-order valence-electron chi connectivity index (χ1n) is 7.14. The molecule has 0 unspecified atom stereocenters. The Bertz CT molecular complexity index is 594. The molecule has 2 heterocycles. The maximum absolute atomic E-state index is 12.2. The van der Waals surface area contributed by atoms with Crippen LogP contribution in [0.25, 0.3) is 0 Å². The van der Waals surface area contributed by atoms with Crippen LogP contribution >= 0.6 is 0 Å². The first-order valence-corrected chi connectivity index (χ1v) is 7.14. The van der Waals surface area contributed by atoms with Crippen LogP contribution in [0.5, 0.6) is 0 Å². The third-order valence-corrected chi connectivity index (χ3v) is 3.90. The molecule has 20 heavy (non-hydrogen) atoms. The largest absolute Gasteiger partial charge is 0.459 e. The zero-order valence-electron chi connectivity index (χ0n) is 11.6. The molecule has 0 atom stereocenters. The van der Waals surface area contributed by atoms with Crippen molar-refractivity contribution in [2.45, 2.75) is 45.1 Å². The van der Waals surface area contributed by atoms with Gasteiger partial charge in [-0.3, -0.25) is 4.79 Å². The van der Waals surface area contributed by atoms with Crippen molar-refractivity contribution in [3.05, 3.63) is 35.9 Å². The Kier molecular flexibility index (Phi) is 3.58. The van der Waals surface area contributed by atoms with Gasteiger partial charge in [0.05, 0.1) is 18.5 Å². The van der Waals surface area contributed by atoms with Crippen LogP contribution in [0.15, 0.2) is 29.0 Å². The van der Waals surface area contributed by atoms with Gasteiger partial charge in [-0.05, 0) is 25.8 Å². The van der Waals surface area contributed by atoms with Crippen molar-refractivity contribution in [3.8, 4) is 0 Å². The number of carbonyl (C=O) groups excluding carboxylic acids is 1. The van der Waals surface area contributed by atoms with Crippen molar-refractivity contribution in [3.63, 3.8) is 0 Å². The minimum Gasteiger partial charge on any atom is -0.459 e. The van der Waals surface area contributed by atoms with E-state index in [1.54, 1.807) is 12.3 Å². The van der Waals surface area contributed by atoms with E-state index in [-0.39, 0.29) is 5.91 Å². The molecule has 5 heteroatoms. The Morgan fingerprint density at radius 2 is 2.15 bits per heavy atom. The zero-order valence-corrected chi connectivity index (χ0v) is 11.6. The lowest BCUT2D eigenvalue weighted by Crippen LogP contribution is -2.20. The molecule has 1 saturated carbocycles. The normalized spacial score (nSPS) is 16.2. The molecular weight excluding hydrogens is 254 g/mol. The Balaban J connectivity index is 1.76. The summed E-state index contributed by atoms with van der Waals surface area (Å²) in [4.78, 5) is 12.2. The van der Waals surface area contributed by atoms with Gasteiger partial charge in [0.2, 0.25) is 0 Å². The summed E-state index contributed by atoms with van der Waals surface area (Å²) in [7, 11) is 0. The fourth-order valence-corrected chi connectivity index (χ4v) is 2.81. The van der Waals surface area contributed by atoms with E-state index in [0.29, 0.717) is 11.8 Å². The number of anilines is 1. The summed E-state index contributed by atoms with van der Waals surface area (Å²) in [6.45, 7) is 1.86.